The maximum Gasteiger partial charge on any atom is 0.334 e. The molecule has 0 aliphatic carbocycles. The number of aliphatic hydroxyl groups excluding tert-OH is 1. The van der Waals surface area contributed by atoms with Gasteiger partial charge in [0.1, 0.15) is 18.1 Å². The van der Waals surface area contributed by atoms with Crippen molar-refractivity contribution in [1.82, 2.24) is 20.4 Å². The average Bonchev–Trinajstić information content (AvgIpc) is 3.35. The molecule has 168 valence electrons. The smallest absolute Gasteiger partial charge is 0.334 e. The Bertz CT molecular complexity index is 713. The molecule has 0 aromatic carbocycles. The van der Waals surface area contributed by atoms with Gasteiger partial charge in [-0.3, -0.25) is 19.2 Å². The summed E-state index contributed by atoms with van der Waals surface area (Å²) < 4.78 is 0. The molecule has 2 aliphatic rings. The number of aliphatic hydroxyl groups is 1. The summed E-state index contributed by atoms with van der Waals surface area (Å²) in [5.74, 6) is -3.03. The minimum Gasteiger partial charge on any atom is -0.479 e. The van der Waals surface area contributed by atoms with Gasteiger partial charge in [-0.2, -0.15) is 0 Å². The third-order valence-electron chi connectivity index (χ3n) is 5.62. The second-order valence-electron chi connectivity index (χ2n) is 7.87. The van der Waals surface area contributed by atoms with Gasteiger partial charge in [0.2, 0.25) is 23.6 Å². The number of carbonyl (C=O) groups is 5. The van der Waals surface area contributed by atoms with Crippen LogP contribution in [0.1, 0.15) is 46.5 Å². The van der Waals surface area contributed by atoms with Crippen LogP contribution < -0.4 is 10.6 Å². The first-order chi connectivity index (χ1) is 14.0. The highest BCUT2D eigenvalue weighted by molar-refractivity contribution is 5.94. The molecule has 5 atom stereocenters. The highest BCUT2D eigenvalue weighted by Crippen LogP contribution is 2.20. The monoisotopic (exact) mass is 426 g/mol. The molecule has 0 saturated carbocycles. The Hall–Kier alpha value is -2.69. The molecule has 11 nitrogen and oxygen atoms in total. The van der Waals surface area contributed by atoms with Gasteiger partial charge in [0.05, 0.1) is 6.04 Å². The number of amides is 4. The molecule has 0 aromatic heterocycles. The van der Waals surface area contributed by atoms with Crippen LogP contribution in [0, 0.1) is 0 Å². The number of rotatable bonds is 7. The quantitative estimate of drug-likeness (QED) is 0.384. The van der Waals surface area contributed by atoms with E-state index in [0.29, 0.717) is 32.4 Å². The van der Waals surface area contributed by atoms with E-state index in [4.69, 9.17) is 5.11 Å². The zero-order chi connectivity index (χ0) is 22.6. The number of aliphatic carboxylic acids is 1. The van der Waals surface area contributed by atoms with Crippen molar-refractivity contribution >= 4 is 29.6 Å². The molecule has 11 heteroatoms. The third kappa shape index (κ3) is 5.26. The van der Waals surface area contributed by atoms with Gasteiger partial charge in [0.25, 0.3) is 0 Å². The van der Waals surface area contributed by atoms with Crippen molar-refractivity contribution in [2.45, 2.75) is 76.7 Å². The van der Waals surface area contributed by atoms with Crippen molar-refractivity contribution in [1.29, 1.82) is 0 Å². The fourth-order valence-electron chi connectivity index (χ4n) is 3.95. The Balaban J connectivity index is 1.97. The summed E-state index contributed by atoms with van der Waals surface area (Å²) in [5.41, 5.74) is 0. The first kappa shape index (κ1) is 23.6. The Morgan fingerprint density at radius 3 is 1.93 bits per heavy atom. The van der Waals surface area contributed by atoms with Crippen molar-refractivity contribution in [2.24, 2.45) is 0 Å². The molecule has 0 aromatic rings. The normalized spacial score (nSPS) is 24.1. The van der Waals surface area contributed by atoms with Gasteiger partial charge < -0.3 is 30.6 Å². The lowest BCUT2D eigenvalue weighted by Gasteiger charge is -2.29. The Kier molecular flexibility index (Phi) is 7.77. The highest BCUT2D eigenvalue weighted by Gasteiger charge is 2.39. The highest BCUT2D eigenvalue weighted by atomic mass is 16.4. The van der Waals surface area contributed by atoms with Crippen LogP contribution in [-0.2, 0) is 24.0 Å². The summed E-state index contributed by atoms with van der Waals surface area (Å²) in [5, 5.41) is 23.5. The molecule has 2 saturated heterocycles. The molecule has 2 aliphatic heterocycles. The van der Waals surface area contributed by atoms with Crippen LogP contribution in [0.15, 0.2) is 0 Å². The maximum atomic E-state index is 12.9. The summed E-state index contributed by atoms with van der Waals surface area (Å²) in [4.78, 5) is 63.3. The van der Waals surface area contributed by atoms with Crippen molar-refractivity contribution in [3.63, 3.8) is 0 Å². The van der Waals surface area contributed by atoms with Crippen molar-refractivity contribution in [2.75, 3.05) is 13.1 Å². The number of hydrogen-bond donors (Lipinski definition) is 4. The number of carboxylic acid groups (broad SMARTS) is 1. The lowest BCUT2D eigenvalue weighted by Crippen LogP contribution is -2.56. The van der Waals surface area contributed by atoms with Crippen molar-refractivity contribution < 1.29 is 34.2 Å². The summed E-state index contributed by atoms with van der Waals surface area (Å²) in [7, 11) is 0. The van der Waals surface area contributed by atoms with E-state index in [2.05, 4.69) is 10.6 Å². The molecule has 5 unspecified atom stereocenters. The second-order valence-corrected chi connectivity index (χ2v) is 7.87. The fourth-order valence-corrected chi connectivity index (χ4v) is 3.95. The van der Waals surface area contributed by atoms with E-state index in [0.717, 1.165) is 6.42 Å². The van der Waals surface area contributed by atoms with Crippen LogP contribution in [0.25, 0.3) is 0 Å². The van der Waals surface area contributed by atoms with Gasteiger partial charge in [-0.25, -0.2) is 4.79 Å². The molecule has 30 heavy (non-hydrogen) atoms. The SMILES string of the molecule is CC(=O)N1CCCC1C(=O)NC(C)C(=O)N1CCCC1C(=O)NC(C)C(O)C(=O)O. The van der Waals surface area contributed by atoms with Crippen LogP contribution in [0.3, 0.4) is 0 Å². The molecule has 0 spiro atoms. The van der Waals surface area contributed by atoms with Crippen LogP contribution >= 0.6 is 0 Å². The van der Waals surface area contributed by atoms with E-state index in [1.807, 2.05) is 0 Å². The zero-order valence-electron chi connectivity index (χ0n) is 17.5. The van der Waals surface area contributed by atoms with Gasteiger partial charge in [-0.15, -0.1) is 0 Å². The molecule has 0 bridgehead atoms. The lowest BCUT2D eigenvalue weighted by molar-refractivity contribution is -0.149. The van der Waals surface area contributed by atoms with E-state index in [9.17, 15) is 29.1 Å². The molecular weight excluding hydrogens is 396 g/mol. The lowest BCUT2D eigenvalue weighted by atomic mass is 10.1. The Morgan fingerprint density at radius 2 is 1.40 bits per heavy atom. The van der Waals surface area contributed by atoms with E-state index in [1.165, 1.54) is 30.6 Å². The largest absolute Gasteiger partial charge is 0.479 e. The summed E-state index contributed by atoms with van der Waals surface area (Å²) >= 11 is 0. The van der Waals surface area contributed by atoms with Crippen LogP contribution in [-0.4, -0.2) is 93.0 Å². The summed E-state index contributed by atoms with van der Waals surface area (Å²) in [6.45, 7) is 5.12. The van der Waals surface area contributed by atoms with E-state index in [-0.39, 0.29) is 5.91 Å². The average molecular weight is 426 g/mol. The Labute approximate surface area is 174 Å². The van der Waals surface area contributed by atoms with Crippen molar-refractivity contribution in [3.05, 3.63) is 0 Å². The second kappa shape index (κ2) is 9.88. The molecular formula is C19H30N4O7. The molecule has 4 N–H and O–H groups in total. The zero-order valence-corrected chi connectivity index (χ0v) is 17.5. The number of carbonyl (C=O) groups excluding carboxylic acids is 4. The maximum absolute atomic E-state index is 12.9. The topological polar surface area (TPSA) is 156 Å². The first-order valence-corrected chi connectivity index (χ1v) is 10.1. The Morgan fingerprint density at radius 1 is 0.900 bits per heavy atom. The van der Waals surface area contributed by atoms with Crippen LogP contribution in [0.4, 0.5) is 0 Å². The standard InChI is InChI=1S/C19H30N4O7/c1-10(15(25)19(29)30)20-17(27)14-7-5-9-23(14)18(28)11(2)21-16(26)13-6-4-8-22(13)12(3)24/h10-11,13-15,25H,4-9H2,1-3H3,(H,20,27)(H,21,26)(H,29,30). The molecule has 0 radical (unpaired) electrons. The van der Waals surface area contributed by atoms with E-state index < -0.39 is 54.0 Å². The molecule has 2 fully saturated rings. The summed E-state index contributed by atoms with van der Waals surface area (Å²) in [6.07, 6.45) is 0.476. The predicted octanol–water partition coefficient (Wildman–Crippen LogP) is -1.56. The van der Waals surface area contributed by atoms with Crippen LogP contribution in [0.2, 0.25) is 0 Å². The first-order valence-electron chi connectivity index (χ1n) is 10.1. The number of carboxylic acids is 1. The van der Waals surface area contributed by atoms with Gasteiger partial charge in [0, 0.05) is 20.0 Å². The number of hydrogen-bond acceptors (Lipinski definition) is 6. The van der Waals surface area contributed by atoms with Gasteiger partial charge in [0.15, 0.2) is 6.10 Å². The predicted molar refractivity (Wildman–Crippen MR) is 104 cm³/mol. The number of nitrogens with zero attached hydrogens (tertiary/aromatic N) is 2. The minimum atomic E-state index is -1.76. The van der Waals surface area contributed by atoms with Gasteiger partial charge in [-0.05, 0) is 39.5 Å². The molecule has 2 heterocycles. The number of nitrogens with one attached hydrogen (secondary N) is 2. The van der Waals surface area contributed by atoms with E-state index in [1.54, 1.807) is 0 Å². The molecule has 4 amide bonds. The summed E-state index contributed by atoms with van der Waals surface area (Å²) in [6, 6.07) is -3.32. The minimum absolute atomic E-state index is 0.194. The molecule has 2 rings (SSSR count). The van der Waals surface area contributed by atoms with Gasteiger partial charge >= 0.3 is 5.97 Å². The number of likely N-dealkylation sites (tertiary alicyclic amines) is 2. The van der Waals surface area contributed by atoms with Crippen molar-refractivity contribution in [3.8, 4) is 0 Å². The third-order valence-corrected chi connectivity index (χ3v) is 5.62. The van der Waals surface area contributed by atoms with E-state index >= 15 is 0 Å². The van der Waals surface area contributed by atoms with Gasteiger partial charge in [-0.1, -0.05) is 0 Å². The van der Waals surface area contributed by atoms with Crippen LogP contribution in [0.5, 0.6) is 0 Å². The fraction of sp³-hybridized carbons (Fsp3) is 0.737.